The average Bonchev–Trinajstić information content (AvgIpc) is 3.00. The Morgan fingerprint density at radius 1 is 1.26 bits per heavy atom. The molecule has 0 fully saturated rings. The Bertz CT molecular complexity index is 603. The first-order chi connectivity index (χ1) is 11.1. The van der Waals surface area contributed by atoms with Crippen LogP contribution < -0.4 is 0 Å². The van der Waals surface area contributed by atoms with E-state index >= 15 is 0 Å². The van der Waals surface area contributed by atoms with Gasteiger partial charge in [0.15, 0.2) is 5.78 Å². The Morgan fingerprint density at radius 3 is 2.70 bits per heavy atom. The number of aromatic nitrogens is 2. The lowest BCUT2D eigenvalue weighted by atomic mass is 10.0. The summed E-state index contributed by atoms with van der Waals surface area (Å²) in [7, 11) is 0. The standard InChI is InChI=1S/C20H28N2O/c1-5-7-8-9-10-19(23)20-18(15-21-22-20)14-13-17(6-2)12-11-16(3)4/h6,11-15H,3,5,7-10H2,1-2,4H3,(H,21,22)/b12-11-,14-13+,17-6+. The first-order valence-electron chi connectivity index (χ1n) is 8.33. The van der Waals surface area contributed by atoms with Gasteiger partial charge < -0.3 is 0 Å². The summed E-state index contributed by atoms with van der Waals surface area (Å²) in [5, 5.41) is 6.85. The highest BCUT2D eigenvalue weighted by Gasteiger charge is 2.11. The van der Waals surface area contributed by atoms with E-state index in [-0.39, 0.29) is 5.78 Å². The van der Waals surface area contributed by atoms with Crippen LogP contribution >= 0.6 is 0 Å². The average molecular weight is 312 g/mol. The van der Waals surface area contributed by atoms with Gasteiger partial charge in [0, 0.05) is 12.0 Å². The minimum absolute atomic E-state index is 0.137. The van der Waals surface area contributed by atoms with E-state index in [9.17, 15) is 4.79 Å². The van der Waals surface area contributed by atoms with Gasteiger partial charge >= 0.3 is 0 Å². The quantitative estimate of drug-likeness (QED) is 0.344. The fourth-order valence-electron chi connectivity index (χ4n) is 2.15. The maximum Gasteiger partial charge on any atom is 0.181 e. The Labute approximate surface area is 139 Å². The van der Waals surface area contributed by atoms with Crippen molar-refractivity contribution in [3.63, 3.8) is 0 Å². The Hall–Kier alpha value is -2.16. The van der Waals surface area contributed by atoms with E-state index in [1.807, 2.05) is 44.2 Å². The summed E-state index contributed by atoms with van der Waals surface area (Å²) in [4.78, 5) is 12.3. The molecule has 0 bridgehead atoms. The highest BCUT2D eigenvalue weighted by atomic mass is 16.1. The molecule has 0 amide bonds. The largest absolute Gasteiger partial charge is 0.292 e. The summed E-state index contributed by atoms with van der Waals surface area (Å²) in [6, 6.07) is 0. The van der Waals surface area contributed by atoms with E-state index in [1.54, 1.807) is 6.20 Å². The van der Waals surface area contributed by atoms with E-state index in [0.29, 0.717) is 12.1 Å². The second-order valence-corrected chi connectivity index (χ2v) is 5.74. The van der Waals surface area contributed by atoms with Gasteiger partial charge in [-0.25, -0.2) is 0 Å². The number of hydrogen-bond acceptors (Lipinski definition) is 2. The van der Waals surface area contributed by atoms with E-state index in [2.05, 4.69) is 23.7 Å². The van der Waals surface area contributed by atoms with Gasteiger partial charge in [0.1, 0.15) is 5.69 Å². The van der Waals surface area contributed by atoms with Crippen LogP contribution in [0.4, 0.5) is 0 Å². The molecule has 1 aromatic heterocycles. The third-order valence-electron chi connectivity index (χ3n) is 3.55. The van der Waals surface area contributed by atoms with Crippen LogP contribution in [-0.2, 0) is 0 Å². The number of unbranched alkanes of at least 4 members (excludes halogenated alkanes) is 3. The van der Waals surface area contributed by atoms with E-state index in [4.69, 9.17) is 0 Å². The molecular weight excluding hydrogens is 284 g/mol. The molecule has 0 spiro atoms. The predicted octanol–water partition coefficient (Wildman–Crippen LogP) is 5.65. The normalized spacial score (nSPS) is 12.4. The van der Waals surface area contributed by atoms with Crippen molar-refractivity contribution in [3.05, 3.63) is 59.5 Å². The Kier molecular flexibility index (Phi) is 8.66. The lowest BCUT2D eigenvalue weighted by molar-refractivity contribution is 0.0974. The summed E-state index contributed by atoms with van der Waals surface area (Å²) < 4.78 is 0. The van der Waals surface area contributed by atoms with E-state index in [1.165, 1.54) is 12.8 Å². The molecule has 0 aliphatic rings. The van der Waals surface area contributed by atoms with Crippen LogP contribution in [0.3, 0.4) is 0 Å². The third-order valence-corrected chi connectivity index (χ3v) is 3.55. The van der Waals surface area contributed by atoms with Crippen molar-refractivity contribution in [1.82, 2.24) is 10.2 Å². The van der Waals surface area contributed by atoms with Gasteiger partial charge in [-0.2, -0.15) is 5.10 Å². The third kappa shape index (κ3) is 7.09. The van der Waals surface area contributed by atoms with Crippen molar-refractivity contribution < 1.29 is 4.79 Å². The van der Waals surface area contributed by atoms with Crippen molar-refractivity contribution in [2.75, 3.05) is 0 Å². The molecule has 0 aliphatic carbocycles. The monoisotopic (exact) mass is 312 g/mol. The van der Waals surface area contributed by atoms with Crippen molar-refractivity contribution in [2.45, 2.75) is 52.9 Å². The number of Topliss-reactive ketones (excluding diaryl/α,β-unsaturated/α-hetero) is 1. The maximum atomic E-state index is 12.3. The van der Waals surface area contributed by atoms with Crippen LogP contribution in [-0.4, -0.2) is 16.0 Å². The fraction of sp³-hybridized carbons (Fsp3) is 0.400. The number of nitrogens with one attached hydrogen (secondary N) is 1. The molecule has 0 aromatic carbocycles. The van der Waals surface area contributed by atoms with Crippen LogP contribution in [0.5, 0.6) is 0 Å². The molecule has 1 aromatic rings. The van der Waals surface area contributed by atoms with Crippen molar-refractivity contribution in [2.24, 2.45) is 0 Å². The number of ketones is 1. The molecule has 0 unspecified atom stereocenters. The molecule has 0 atom stereocenters. The topological polar surface area (TPSA) is 45.8 Å². The van der Waals surface area contributed by atoms with Gasteiger partial charge in [0.05, 0.1) is 6.20 Å². The van der Waals surface area contributed by atoms with Crippen molar-refractivity contribution in [1.29, 1.82) is 0 Å². The molecule has 1 heterocycles. The molecule has 1 N–H and O–H groups in total. The number of H-pyrrole nitrogens is 1. The van der Waals surface area contributed by atoms with Crippen LogP contribution in [0, 0.1) is 0 Å². The van der Waals surface area contributed by atoms with Crippen LogP contribution in [0.25, 0.3) is 6.08 Å². The summed E-state index contributed by atoms with van der Waals surface area (Å²) in [6.45, 7) is 9.96. The van der Waals surface area contributed by atoms with Crippen molar-refractivity contribution in [3.8, 4) is 0 Å². The second kappa shape index (κ2) is 10.5. The molecule has 3 heteroatoms. The van der Waals surface area contributed by atoms with Gasteiger partial charge in [-0.3, -0.25) is 9.89 Å². The molecule has 124 valence electrons. The first kappa shape index (κ1) is 18.9. The number of aromatic amines is 1. The van der Waals surface area contributed by atoms with Crippen LogP contribution in [0.15, 0.2) is 48.2 Å². The van der Waals surface area contributed by atoms with Crippen molar-refractivity contribution >= 4 is 11.9 Å². The highest BCUT2D eigenvalue weighted by Crippen LogP contribution is 2.14. The van der Waals surface area contributed by atoms with Gasteiger partial charge in [0.2, 0.25) is 0 Å². The number of hydrogen-bond donors (Lipinski definition) is 1. The number of nitrogens with zero attached hydrogens (tertiary/aromatic N) is 1. The zero-order valence-electron chi connectivity index (χ0n) is 14.6. The molecule has 0 radical (unpaired) electrons. The smallest absolute Gasteiger partial charge is 0.181 e. The molecule has 1 rings (SSSR count). The van der Waals surface area contributed by atoms with Gasteiger partial charge in [0.25, 0.3) is 0 Å². The minimum atomic E-state index is 0.137. The fourth-order valence-corrected chi connectivity index (χ4v) is 2.15. The lowest BCUT2D eigenvalue weighted by Crippen LogP contribution is -2.01. The predicted molar refractivity (Wildman–Crippen MR) is 98.4 cm³/mol. The first-order valence-corrected chi connectivity index (χ1v) is 8.33. The summed E-state index contributed by atoms with van der Waals surface area (Å²) in [5.74, 6) is 0.137. The highest BCUT2D eigenvalue weighted by molar-refractivity contribution is 5.97. The van der Waals surface area contributed by atoms with Gasteiger partial charge in [-0.15, -0.1) is 0 Å². The number of carbonyl (C=O) groups is 1. The van der Waals surface area contributed by atoms with Crippen LogP contribution in [0.2, 0.25) is 0 Å². The van der Waals surface area contributed by atoms with Gasteiger partial charge in [-0.05, 0) is 25.8 Å². The molecule has 0 saturated carbocycles. The summed E-state index contributed by atoms with van der Waals surface area (Å²) >= 11 is 0. The molecule has 23 heavy (non-hydrogen) atoms. The molecule has 3 nitrogen and oxygen atoms in total. The number of rotatable bonds is 10. The molecular formula is C20H28N2O. The maximum absolute atomic E-state index is 12.3. The Balaban J connectivity index is 2.72. The molecule has 0 saturated heterocycles. The van der Waals surface area contributed by atoms with E-state index < -0.39 is 0 Å². The van der Waals surface area contributed by atoms with Crippen LogP contribution in [0.1, 0.15) is 68.9 Å². The minimum Gasteiger partial charge on any atom is -0.292 e. The zero-order valence-corrected chi connectivity index (χ0v) is 14.6. The SMILES string of the molecule is C=C(C)\C=C/C(/C=C/c1cn[nH]c1C(=O)CCCCCC)=C\C. The second-order valence-electron chi connectivity index (χ2n) is 5.74. The number of allylic oxidation sites excluding steroid dienone is 6. The Morgan fingerprint density at radius 2 is 2.04 bits per heavy atom. The van der Waals surface area contributed by atoms with E-state index in [0.717, 1.165) is 29.6 Å². The van der Waals surface area contributed by atoms with Gasteiger partial charge in [-0.1, -0.05) is 68.7 Å². The summed E-state index contributed by atoms with van der Waals surface area (Å²) in [5.41, 5.74) is 3.52. The number of carbonyl (C=O) groups excluding carboxylic acids is 1. The molecule has 0 aliphatic heterocycles. The summed E-state index contributed by atoms with van der Waals surface area (Å²) in [6.07, 6.45) is 16.6. The lowest BCUT2D eigenvalue weighted by Gasteiger charge is -2.00. The zero-order chi connectivity index (χ0) is 17.1.